The maximum Gasteiger partial charge on any atom is 0.310 e. The molecule has 0 bridgehead atoms. The molecular formula is C23H24O9. The molecule has 9 heteroatoms. The van der Waals surface area contributed by atoms with Crippen molar-refractivity contribution in [3.63, 3.8) is 0 Å². The van der Waals surface area contributed by atoms with Crippen LogP contribution in [0.4, 0.5) is 0 Å². The fourth-order valence-corrected chi connectivity index (χ4v) is 5.20. The Morgan fingerprint density at radius 1 is 0.969 bits per heavy atom. The minimum Gasteiger partial charge on any atom is -0.504 e. The minimum atomic E-state index is -0.547. The van der Waals surface area contributed by atoms with E-state index >= 15 is 0 Å². The lowest BCUT2D eigenvalue weighted by molar-refractivity contribution is -0.141. The van der Waals surface area contributed by atoms with Gasteiger partial charge in [0, 0.05) is 24.5 Å². The maximum atomic E-state index is 12.9. The molecule has 0 radical (unpaired) electrons. The Labute approximate surface area is 184 Å². The van der Waals surface area contributed by atoms with Crippen molar-refractivity contribution >= 4 is 5.97 Å². The number of aromatic hydroxyl groups is 1. The average molecular weight is 444 g/mol. The Kier molecular flexibility index (Phi) is 4.93. The normalized spacial score (nSPS) is 25.1. The van der Waals surface area contributed by atoms with Crippen molar-refractivity contribution in [1.82, 2.24) is 0 Å². The molecule has 4 atom stereocenters. The van der Waals surface area contributed by atoms with Gasteiger partial charge in [0.2, 0.25) is 18.3 Å². The van der Waals surface area contributed by atoms with Crippen LogP contribution in [0.25, 0.3) is 0 Å². The Bertz CT molecular complexity index is 1050. The summed E-state index contributed by atoms with van der Waals surface area (Å²) in [6, 6.07) is 5.43. The minimum absolute atomic E-state index is 0.00713. The van der Waals surface area contributed by atoms with Gasteiger partial charge < -0.3 is 38.3 Å². The molecule has 0 amide bonds. The van der Waals surface area contributed by atoms with Crippen LogP contribution in [0, 0.1) is 11.8 Å². The molecule has 1 N–H and O–H groups in total. The quantitative estimate of drug-likeness (QED) is 0.698. The topological polar surface area (TPSA) is 102 Å². The summed E-state index contributed by atoms with van der Waals surface area (Å²) in [5.74, 6) is 0.405. The van der Waals surface area contributed by atoms with Gasteiger partial charge in [-0.25, -0.2) is 0 Å². The molecule has 170 valence electrons. The number of benzene rings is 2. The Morgan fingerprint density at radius 2 is 1.69 bits per heavy atom. The first-order chi connectivity index (χ1) is 15.5. The van der Waals surface area contributed by atoms with Crippen LogP contribution in [0.2, 0.25) is 0 Å². The number of fused-ring (bicyclic) bond motifs is 3. The van der Waals surface area contributed by atoms with Gasteiger partial charge >= 0.3 is 5.97 Å². The summed E-state index contributed by atoms with van der Waals surface area (Å²) in [7, 11) is 6.15. The molecule has 4 unspecified atom stereocenters. The number of rotatable bonds is 5. The standard InChI is InChI=1S/C23H24O9/c1-26-13-5-10(6-14(27-2)21(13)29-4)16-11-7-15-22(32-9-31-15)19(24)18(11)20(28-3)12-8-30-23(25)17(12)16/h5-7,12,16-17,20,24H,8-9H2,1-4H3. The number of carbonyl (C=O) groups is 1. The Balaban J connectivity index is 1.79. The van der Waals surface area contributed by atoms with Gasteiger partial charge in [-0.3, -0.25) is 4.79 Å². The van der Waals surface area contributed by atoms with Crippen LogP contribution in [-0.2, 0) is 14.3 Å². The van der Waals surface area contributed by atoms with Crippen LogP contribution in [-0.4, -0.2) is 52.9 Å². The molecule has 2 heterocycles. The van der Waals surface area contributed by atoms with Crippen molar-refractivity contribution in [1.29, 1.82) is 0 Å². The predicted molar refractivity (Wildman–Crippen MR) is 110 cm³/mol. The predicted octanol–water partition coefficient (Wildman–Crippen LogP) is 2.77. The lowest BCUT2D eigenvalue weighted by Gasteiger charge is -2.38. The van der Waals surface area contributed by atoms with Crippen LogP contribution in [0.5, 0.6) is 34.5 Å². The zero-order valence-corrected chi connectivity index (χ0v) is 18.2. The summed E-state index contributed by atoms with van der Waals surface area (Å²) in [6.45, 7) is 0.198. The second-order valence-corrected chi connectivity index (χ2v) is 7.87. The molecule has 2 aromatic rings. The first-order valence-electron chi connectivity index (χ1n) is 10.2. The van der Waals surface area contributed by atoms with E-state index < -0.39 is 17.9 Å². The number of hydrogen-bond acceptors (Lipinski definition) is 9. The SMILES string of the molecule is COc1cc(C2c3cc4c(c(O)c3C(OC)C3COC(=O)C23)OCO4)cc(OC)c1OC. The van der Waals surface area contributed by atoms with Gasteiger partial charge in [0.25, 0.3) is 0 Å². The molecule has 0 saturated carbocycles. The van der Waals surface area contributed by atoms with Gasteiger partial charge in [-0.15, -0.1) is 0 Å². The third kappa shape index (κ3) is 2.77. The van der Waals surface area contributed by atoms with Gasteiger partial charge in [-0.1, -0.05) is 0 Å². The van der Waals surface area contributed by atoms with Crippen molar-refractivity contribution in [3.8, 4) is 34.5 Å². The molecule has 5 rings (SSSR count). The first kappa shape index (κ1) is 20.6. The van der Waals surface area contributed by atoms with Crippen molar-refractivity contribution in [3.05, 3.63) is 34.9 Å². The summed E-state index contributed by atoms with van der Waals surface area (Å²) in [5.41, 5.74) is 2.02. The van der Waals surface area contributed by atoms with Gasteiger partial charge in [0.1, 0.15) is 0 Å². The monoisotopic (exact) mass is 444 g/mol. The van der Waals surface area contributed by atoms with E-state index in [2.05, 4.69) is 0 Å². The second-order valence-electron chi connectivity index (χ2n) is 7.87. The molecule has 1 fully saturated rings. The molecule has 32 heavy (non-hydrogen) atoms. The largest absolute Gasteiger partial charge is 0.504 e. The third-order valence-corrected chi connectivity index (χ3v) is 6.53. The van der Waals surface area contributed by atoms with Crippen LogP contribution in [0.15, 0.2) is 18.2 Å². The highest BCUT2D eigenvalue weighted by atomic mass is 16.7. The van der Waals surface area contributed by atoms with Crippen molar-refractivity contribution < 1.29 is 43.1 Å². The third-order valence-electron chi connectivity index (χ3n) is 6.53. The summed E-state index contributed by atoms with van der Waals surface area (Å²) in [6.07, 6.45) is -0.547. The molecule has 2 aromatic carbocycles. The van der Waals surface area contributed by atoms with E-state index in [1.165, 1.54) is 21.3 Å². The second kappa shape index (κ2) is 7.67. The molecule has 0 aromatic heterocycles. The van der Waals surface area contributed by atoms with E-state index in [1.807, 2.05) is 12.1 Å². The molecular weight excluding hydrogens is 420 g/mol. The van der Waals surface area contributed by atoms with E-state index in [1.54, 1.807) is 13.2 Å². The van der Waals surface area contributed by atoms with Gasteiger partial charge in [-0.05, 0) is 29.3 Å². The number of phenols is 1. The molecule has 1 saturated heterocycles. The van der Waals surface area contributed by atoms with E-state index in [9.17, 15) is 9.90 Å². The molecule has 3 aliphatic rings. The van der Waals surface area contributed by atoms with E-state index in [-0.39, 0.29) is 36.8 Å². The number of hydrogen-bond donors (Lipinski definition) is 1. The number of methoxy groups -OCH3 is 4. The van der Waals surface area contributed by atoms with Crippen LogP contribution < -0.4 is 23.7 Å². The van der Waals surface area contributed by atoms with Crippen molar-refractivity contribution in [2.24, 2.45) is 11.8 Å². The van der Waals surface area contributed by atoms with Crippen molar-refractivity contribution in [2.75, 3.05) is 41.8 Å². The summed E-state index contributed by atoms with van der Waals surface area (Å²) < 4.78 is 38.8. The highest BCUT2D eigenvalue weighted by Crippen LogP contribution is 2.59. The Morgan fingerprint density at radius 3 is 2.31 bits per heavy atom. The van der Waals surface area contributed by atoms with Crippen LogP contribution in [0.3, 0.4) is 0 Å². The smallest absolute Gasteiger partial charge is 0.310 e. The summed E-state index contributed by atoms with van der Waals surface area (Å²) in [5, 5.41) is 11.1. The molecule has 2 aliphatic heterocycles. The highest BCUT2D eigenvalue weighted by molar-refractivity contribution is 5.79. The summed E-state index contributed by atoms with van der Waals surface area (Å²) >= 11 is 0. The number of phenolic OH excluding ortho intramolecular Hbond substituents is 1. The number of ether oxygens (including phenoxy) is 7. The van der Waals surface area contributed by atoms with E-state index in [0.717, 1.165) is 5.56 Å². The molecule has 9 nitrogen and oxygen atoms in total. The maximum absolute atomic E-state index is 12.9. The Hall–Kier alpha value is -3.33. The number of carbonyl (C=O) groups excluding carboxylic acids is 1. The lowest BCUT2D eigenvalue weighted by Crippen LogP contribution is -2.35. The molecule has 0 spiro atoms. The lowest BCUT2D eigenvalue weighted by atomic mass is 9.66. The fraction of sp³-hybridized carbons (Fsp3) is 0.435. The number of esters is 1. The van der Waals surface area contributed by atoms with E-state index in [0.29, 0.717) is 34.1 Å². The van der Waals surface area contributed by atoms with E-state index in [4.69, 9.17) is 33.2 Å². The average Bonchev–Trinajstić information content (AvgIpc) is 3.44. The molecule has 1 aliphatic carbocycles. The van der Waals surface area contributed by atoms with Crippen LogP contribution >= 0.6 is 0 Å². The first-order valence-corrected chi connectivity index (χ1v) is 10.2. The van der Waals surface area contributed by atoms with Crippen LogP contribution in [0.1, 0.15) is 28.7 Å². The van der Waals surface area contributed by atoms with Gasteiger partial charge in [0.15, 0.2) is 23.0 Å². The number of cyclic esters (lactones) is 1. The fourth-order valence-electron chi connectivity index (χ4n) is 5.20. The zero-order chi connectivity index (χ0) is 22.6. The van der Waals surface area contributed by atoms with Gasteiger partial charge in [0.05, 0.1) is 40.0 Å². The highest BCUT2D eigenvalue weighted by Gasteiger charge is 2.54. The summed E-state index contributed by atoms with van der Waals surface area (Å²) in [4.78, 5) is 12.9. The van der Waals surface area contributed by atoms with Crippen molar-refractivity contribution in [2.45, 2.75) is 12.0 Å². The zero-order valence-electron chi connectivity index (χ0n) is 18.2. The van der Waals surface area contributed by atoms with Gasteiger partial charge in [-0.2, -0.15) is 0 Å².